The zero-order valence-corrected chi connectivity index (χ0v) is 37.2. The van der Waals surface area contributed by atoms with E-state index in [4.69, 9.17) is 9.47 Å². The molecule has 0 atom stereocenters. The molecule has 0 spiro atoms. The molecule has 0 saturated heterocycles. The number of aromatic nitrogens is 4. The van der Waals surface area contributed by atoms with Gasteiger partial charge in [-0.1, -0.05) is 60.7 Å². The molecule has 4 aromatic heterocycles. The third-order valence-corrected chi connectivity index (χ3v) is 11.0. The van der Waals surface area contributed by atoms with Crippen LogP contribution < -0.4 is 52.6 Å². The van der Waals surface area contributed by atoms with Crippen molar-refractivity contribution in [3.8, 4) is 44.9 Å². The molecule has 60 heavy (non-hydrogen) atoms. The van der Waals surface area contributed by atoms with Crippen molar-refractivity contribution in [2.75, 3.05) is 13.2 Å². The van der Waals surface area contributed by atoms with Gasteiger partial charge in [0.25, 0.3) is 0 Å². The van der Waals surface area contributed by atoms with Crippen LogP contribution in [-0.4, -0.2) is 23.2 Å². The van der Waals surface area contributed by atoms with Crippen molar-refractivity contribution in [2.24, 2.45) is 0 Å². The van der Waals surface area contributed by atoms with E-state index in [9.17, 15) is 0 Å². The van der Waals surface area contributed by atoms with Gasteiger partial charge in [-0.2, -0.15) is 0 Å². The van der Waals surface area contributed by atoms with Crippen LogP contribution in [0, 0.1) is 0 Å². The summed E-state index contributed by atoms with van der Waals surface area (Å²) in [5.74, 6) is 1.83. The van der Waals surface area contributed by atoms with Gasteiger partial charge in [0, 0.05) is 73.0 Å². The highest BCUT2D eigenvalue weighted by atomic mass is 79.9. The molecule has 0 aliphatic heterocycles. The van der Waals surface area contributed by atoms with E-state index in [0.717, 1.165) is 87.1 Å². The number of fused-ring (bicyclic) bond motifs is 2. The molecule has 306 valence electrons. The average molecular weight is 925 g/mol. The van der Waals surface area contributed by atoms with Crippen LogP contribution >= 0.6 is 0 Å². The molecule has 0 amide bonds. The highest BCUT2D eigenvalue weighted by Crippen LogP contribution is 2.45. The van der Waals surface area contributed by atoms with Crippen LogP contribution in [0.2, 0.25) is 0 Å². The molecular formula is C52H52Br2N4O2. The highest BCUT2D eigenvalue weighted by Gasteiger charge is 2.19. The van der Waals surface area contributed by atoms with Crippen LogP contribution in [0.4, 0.5) is 0 Å². The Hall–Kier alpha value is -5.44. The molecule has 0 radical (unpaired) electrons. The Bertz CT molecular complexity index is 2340. The van der Waals surface area contributed by atoms with E-state index in [1.807, 2.05) is 49.1 Å². The third-order valence-electron chi connectivity index (χ3n) is 11.0. The molecule has 8 heteroatoms. The van der Waals surface area contributed by atoms with Crippen molar-refractivity contribution in [1.29, 1.82) is 0 Å². The summed E-state index contributed by atoms with van der Waals surface area (Å²) < 4.78 is 17.9. The maximum Gasteiger partial charge on any atom is 0.169 e. The first kappa shape index (κ1) is 44.1. The number of hydrogen-bond donors (Lipinski definition) is 0. The molecular weight excluding hydrogens is 872 g/mol. The maximum atomic E-state index is 6.69. The fourth-order valence-corrected chi connectivity index (χ4v) is 7.81. The predicted octanol–water partition coefficient (Wildman–Crippen LogP) is 5.65. The van der Waals surface area contributed by atoms with Gasteiger partial charge in [0.2, 0.25) is 0 Å². The van der Waals surface area contributed by atoms with Crippen LogP contribution in [0.1, 0.15) is 51.4 Å². The lowest BCUT2D eigenvalue weighted by molar-refractivity contribution is -0.697. The van der Waals surface area contributed by atoms with Crippen LogP contribution in [0.3, 0.4) is 0 Å². The van der Waals surface area contributed by atoms with E-state index in [0.29, 0.717) is 13.2 Å². The monoisotopic (exact) mass is 922 g/mol. The number of pyridine rings is 4. The topological polar surface area (TPSA) is 52.0 Å². The van der Waals surface area contributed by atoms with Crippen molar-refractivity contribution in [2.45, 2.75) is 64.5 Å². The van der Waals surface area contributed by atoms with Crippen molar-refractivity contribution in [1.82, 2.24) is 9.97 Å². The summed E-state index contributed by atoms with van der Waals surface area (Å²) in [7, 11) is 0. The van der Waals surface area contributed by atoms with Crippen LogP contribution in [0.15, 0.2) is 171 Å². The Balaban J connectivity index is 0.00000302. The minimum Gasteiger partial charge on any atom is -1.00 e. The highest BCUT2D eigenvalue weighted by molar-refractivity contribution is 6.09. The van der Waals surface area contributed by atoms with E-state index in [1.165, 1.54) is 43.8 Å². The number of unbranched alkanes of at least 4 members (excludes halogenated alkanes) is 6. The van der Waals surface area contributed by atoms with Crippen LogP contribution in [0.5, 0.6) is 11.5 Å². The maximum absolute atomic E-state index is 6.69. The summed E-state index contributed by atoms with van der Waals surface area (Å²) in [5, 5.41) is 4.75. The summed E-state index contributed by atoms with van der Waals surface area (Å²) in [4.78, 5) is 8.27. The molecule has 0 N–H and O–H groups in total. The normalized spacial score (nSPS) is 10.9. The smallest absolute Gasteiger partial charge is 0.169 e. The van der Waals surface area contributed by atoms with Gasteiger partial charge in [0.05, 0.1) is 13.2 Å². The van der Waals surface area contributed by atoms with Gasteiger partial charge < -0.3 is 43.4 Å². The molecule has 0 fully saturated rings. The molecule has 8 aromatic rings. The summed E-state index contributed by atoms with van der Waals surface area (Å²) in [6.45, 7) is 3.37. The Kier molecular flexibility index (Phi) is 16.8. The largest absolute Gasteiger partial charge is 1.00 e. The van der Waals surface area contributed by atoms with Gasteiger partial charge in [0.1, 0.15) is 24.6 Å². The molecule has 4 heterocycles. The van der Waals surface area contributed by atoms with Gasteiger partial charge in [0.15, 0.2) is 24.8 Å². The molecule has 4 aromatic carbocycles. The number of nitrogens with zero attached hydrogens (tertiary/aromatic N) is 4. The van der Waals surface area contributed by atoms with Crippen LogP contribution in [-0.2, 0) is 13.1 Å². The zero-order chi connectivity index (χ0) is 39.2. The first-order valence-corrected chi connectivity index (χ1v) is 20.9. The van der Waals surface area contributed by atoms with Crippen LogP contribution in [0.25, 0.3) is 54.9 Å². The van der Waals surface area contributed by atoms with Crippen molar-refractivity contribution in [3.05, 3.63) is 171 Å². The second-order valence-corrected chi connectivity index (χ2v) is 15.0. The van der Waals surface area contributed by atoms with E-state index >= 15 is 0 Å². The fraction of sp³-hybridized carbons (Fsp3) is 0.231. The third kappa shape index (κ3) is 11.4. The molecule has 6 nitrogen and oxygen atoms in total. The van der Waals surface area contributed by atoms with Gasteiger partial charge in [-0.05, 0) is 119 Å². The number of aryl methyl sites for hydroxylation is 2. The predicted molar refractivity (Wildman–Crippen MR) is 235 cm³/mol. The van der Waals surface area contributed by atoms with Crippen molar-refractivity contribution in [3.63, 3.8) is 0 Å². The second-order valence-electron chi connectivity index (χ2n) is 15.0. The lowest BCUT2D eigenvalue weighted by Crippen LogP contribution is -3.00. The lowest BCUT2D eigenvalue weighted by atomic mass is 9.92. The first-order valence-electron chi connectivity index (χ1n) is 20.9. The fourth-order valence-electron chi connectivity index (χ4n) is 7.81. The van der Waals surface area contributed by atoms with Crippen molar-refractivity contribution >= 4 is 21.5 Å². The van der Waals surface area contributed by atoms with E-state index in [1.54, 1.807) is 0 Å². The number of rotatable bonds is 19. The summed E-state index contributed by atoms with van der Waals surface area (Å²) >= 11 is 0. The minimum absolute atomic E-state index is 0. The van der Waals surface area contributed by atoms with E-state index < -0.39 is 0 Å². The molecule has 0 aliphatic carbocycles. The molecule has 0 aliphatic rings. The Morgan fingerprint density at radius 3 is 1.15 bits per heavy atom. The SMILES string of the molecule is [Br-].[Br-].c1ccc2c(-c3c(OCCCCCC[n+]4ccc(-c5ccncc5)cc4)ccc4ccccc34)c(OCCCCCC[n+]3ccc(-c4ccncc4)cc3)ccc2c1. The first-order chi connectivity index (χ1) is 28.8. The van der Waals surface area contributed by atoms with Crippen molar-refractivity contribution < 1.29 is 52.6 Å². The van der Waals surface area contributed by atoms with E-state index in [-0.39, 0.29) is 34.0 Å². The van der Waals surface area contributed by atoms with Gasteiger partial charge in [-0.25, -0.2) is 9.13 Å². The molecule has 0 saturated carbocycles. The quantitative estimate of drug-likeness (QED) is 0.0779. The number of benzene rings is 4. The van der Waals surface area contributed by atoms with Gasteiger partial charge >= 0.3 is 0 Å². The van der Waals surface area contributed by atoms with Gasteiger partial charge in [-0.3, -0.25) is 9.97 Å². The lowest BCUT2D eigenvalue weighted by Gasteiger charge is -2.20. The summed E-state index contributed by atoms with van der Waals surface area (Å²) in [6.07, 6.45) is 24.9. The summed E-state index contributed by atoms with van der Waals surface area (Å²) in [5.41, 5.74) is 7.05. The Morgan fingerprint density at radius 1 is 0.367 bits per heavy atom. The Morgan fingerprint density at radius 2 is 0.733 bits per heavy atom. The summed E-state index contributed by atoms with van der Waals surface area (Å²) in [6, 6.07) is 42.9. The molecule has 0 unspecified atom stereocenters. The van der Waals surface area contributed by atoms with Gasteiger partial charge in [-0.15, -0.1) is 0 Å². The standard InChI is InChI=1S/C52H52N4O2.2BrH/c1(9-33-55-35-25-43(26-36-55)41-21-29-53-30-22-41)3-11-39-57-49-19-17-45-13-5-7-15-47(45)51(49)52-48-16-8-6-14-46(48)18-20-50(52)58-40-12-4-2-10-34-56-37-27-44(28-38-56)42-23-31-54-32-24-42;;/h5-8,13-32,35-38H,1-4,9-12,33-34,39-40H2;2*1H/q+2;;/p-2. The Labute approximate surface area is 375 Å². The van der Waals surface area contributed by atoms with E-state index in [2.05, 4.69) is 141 Å². The zero-order valence-electron chi connectivity index (χ0n) is 34.0. The number of halogens is 2. The number of ether oxygens (including phenoxy) is 2. The average Bonchev–Trinajstić information content (AvgIpc) is 3.29. The second kappa shape index (κ2) is 22.8. The molecule has 8 rings (SSSR count). The molecule has 0 bridgehead atoms. The minimum atomic E-state index is 0. The number of hydrogen-bond acceptors (Lipinski definition) is 4.